The van der Waals surface area contributed by atoms with Crippen molar-refractivity contribution in [1.29, 1.82) is 5.26 Å². The SMILES string of the molecule is CC1CC(C)C(C)N(C2CC(C(C)(C)C)CCC2C#N)C1. The Balaban J connectivity index is 2.18. The van der Waals surface area contributed by atoms with Crippen molar-refractivity contribution in [3.63, 3.8) is 0 Å². The van der Waals surface area contributed by atoms with Gasteiger partial charge in [0.1, 0.15) is 0 Å². The van der Waals surface area contributed by atoms with E-state index in [1.54, 1.807) is 0 Å². The summed E-state index contributed by atoms with van der Waals surface area (Å²) >= 11 is 0. The fourth-order valence-electron chi connectivity index (χ4n) is 4.65. The molecule has 0 bridgehead atoms. The lowest BCUT2D eigenvalue weighted by atomic mass is 9.67. The van der Waals surface area contributed by atoms with E-state index in [4.69, 9.17) is 0 Å². The minimum atomic E-state index is 0.239. The summed E-state index contributed by atoms with van der Waals surface area (Å²) in [5.74, 6) is 2.52. The Morgan fingerprint density at radius 3 is 2.29 bits per heavy atom. The summed E-state index contributed by atoms with van der Waals surface area (Å²) in [6.07, 6.45) is 4.87. The van der Waals surface area contributed by atoms with Crippen LogP contribution in [0.1, 0.15) is 67.2 Å². The summed E-state index contributed by atoms with van der Waals surface area (Å²) in [5.41, 5.74) is 0.370. The minimum absolute atomic E-state index is 0.239. The largest absolute Gasteiger partial charge is 0.296 e. The highest BCUT2D eigenvalue weighted by Gasteiger charge is 2.42. The number of hydrogen-bond donors (Lipinski definition) is 0. The Hall–Kier alpha value is -0.550. The van der Waals surface area contributed by atoms with Crippen LogP contribution in [0.3, 0.4) is 0 Å². The Morgan fingerprint density at radius 1 is 1.05 bits per heavy atom. The summed E-state index contributed by atoms with van der Waals surface area (Å²) in [7, 11) is 0. The van der Waals surface area contributed by atoms with Gasteiger partial charge in [0.05, 0.1) is 12.0 Å². The molecular weight excluding hydrogens is 256 g/mol. The van der Waals surface area contributed by atoms with Gasteiger partial charge in [-0.05, 0) is 55.8 Å². The van der Waals surface area contributed by atoms with Crippen molar-refractivity contribution in [3.05, 3.63) is 0 Å². The third-order valence-electron chi connectivity index (χ3n) is 6.28. The van der Waals surface area contributed by atoms with Gasteiger partial charge in [-0.1, -0.05) is 34.6 Å². The number of piperidine rings is 1. The molecule has 1 saturated carbocycles. The molecule has 6 unspecified atom stereocenters. The zero-order valence-electron chi connectivity index (χ0n) is 14.9. The van der Waals surface area contributed by atoms with Crippen LogP contribution in [0, 0.1) is 40.4 Å². The van der Waals surface area contributed by atoms with Crippen LogP contribution in [0.4, 0.5) is 0 Å². The zero-order chi connectivity index (χ0) is 15.8. The van der Waals surface area contributed by atoms with Crippen molar-refractivity contribution in [3.8, 4) is 6.07 Å². The molecule has 2 aliphatic rings. The number of hydrogen-bond acceptors (Lipinski definition) is 2. The van der Waals surface area contributed by atoms with E-state index in [0.717, 1.165) is 24.2 Å². The highest BCUT2D eigenvalue weighted by atomic mass is 15.2. The average molecular weight is 290 g/mol. The summed E-state index contributed by atoms with van der Waals surface area (Å²) in [4.78, 5) is 2.70. The number of likely N-dealkylation sites (tertiary alicyclic amines) is 1. The average Bonchev–Trinajstić information content (AvgIpc) is 2.41. The normalized spacial score (nSPS) is 42.5. The van der Waals surface area contributed by atoms with Crippen molar-refractivity contribution >= 4 is 0 Å². The number of nitriles is 1. The highest BCUT2D eigenvalue weighted by Crippen LogP contribution is 2.43. The first kappa shape index (κ1) is 16.8. The molecule has 0 aromatic rings. The molecule has 2 heteroatoms. The molecule has 1 aliphatic carbocycles. The van der Waals surface area contributed by atoms with E-state index in [1.807, 2.05) is 0 Å². The van der Waals surface area contributed by atoms with E-state index in [0.29, 0.717) is 17.5 Å². The molecule has 0 aromatic heterocycles. The molecule has 0 radical (unpaired) electrons. The molecule has 120 valence electrons. The van der Waals surface area contributed by atoms with Gasteiger partial charge in [0.25, 0.3) is 0 Å². The lowest BCUT2D eigenvalue weighted by Crippen LogP contribution is -2.55. The summed E-state index contributed by atoms with van der Waals surface area (Å²) in [6.45, 7) is 15.4. The molecule has 21 heavy (non-hydrogen) atoms. The molecule has 1 aliphatic heterocycles. The van der Waals surface area contributed by atoms with Crippen LogP contribution in [-0.4, -0.2) is 23.5 Å². The maximum Gasteiger partial charge on any atom is 0.0672 e. The van der Waals surface area contributed by atoms with E-state index in [-0.39, 0.29) is 5.92 Å². The van der Waals surface area contributed by atoms with E-state index in [1.165, 1.54) is 25.8 Å². The molecule has 1 heterocycles. The first-order valence-corrected chi connectivity index (χ1v) is 8.89. The predicted octanol–water partition coefficient (Wildman–Crippen LogP) is 4.71. The van der Waals surface area contributed by atoms with Gasteiger partial charge in [-0.3, -0.25) is 4.90 Å². The first-order chi connectivity index (χ1) is 9.74. The van der Waals surface area contributed by atoms with Gasteiger partial charge in [0.2, 0.25) is 0 Å². The molecule has 6 atom stereocenters. The smallest absolute Gasteiger partial charge is 0.0672 e. The third-order valence-corrected chi connectivity index (χ3v) is 6.28. The minimum Gasteiger partial charge on any atom is -0.296 e. The fraction of sp³-hybridized carbons (Fsp3) is 0.947. The standard InChI is InChI=1S/C19H34N2/c1-13-9-14(2)15(3)21(12-13)18-10-17(19(4,5)6)8-7-16(18)11-20/h13-18H,7-10,12H2,1-6H3. The second kappa shape index (κ2) is 6.29. The fourth-order valence-corrected chi connectivity index (χ4v) is 4.65. The Kier molecular flexibility index (Phi) is 5.03. The first-order valence-electron chi connectivity index (χ1n) is 8.89. The molecule has 2 fully saturated rings. The topological polar surface area (TPSA) is 27.0 Å². The lowest BCUT2D eigenvalue weighted by molar-refractivity contribution is -0.0125. The van der Waals surface area contributed by atoms with Gasteiger partial charge < -0.3 is 0 Å². The summed E-state index contributed by atoms with van der Waals surface area (Å²) in [6, 6.07) is 3.74. The van der Waals surface area contributed by atoms with Crippen molar-refractivity contribution in [1.82, 2.24) is 4.90 Å². The van der Waals surface area contributed by atoms with Gasteiger partial charge in [-0.25, -0.2) is 0 Å². The van der Waals surface area contributed by atoms with Crippen LogP contribution in [0.25, 0.3) is 0 Å². The van der Waals surface area contributed by atoms with Crippen LogP contribution in [0.5, 0.6) is 0 Å². The second-order valence-electron chi connectivity index (χ2n) is 8.93. The van der Waals surface area contributed by atoms with E-state index in [9.17, 15) is 5.26 Å². The summed E-state index contributed by atoms with van der Waals surface area (Å²) < 4.78 is 0. The van der Waals surface area contributed by atoms with Gasteiger partial charge in [-0.2, -0.15) is 5.26 Å². The van der Waals surface area contributed by atoms with Gasteiger partial charge >= 0.3 is 0 Å². The second-order valence-corrected chi connectivity index (χ2v) is 8.93. The maximum atomic E-state index is 9.62. The predicted molar refractivity (Wildman–Crippen MR) is 88.8 cm³/mol. The molecule has 2 nitrogen and oxygen atoms in total. The highest BCUT2D eigenvalue weighted by molar-refractivity contribution is 5.01. The lowest BCUT2D eigenvalue weighted by Gasteiger charge is -2.50. The maximum absolute atomic E-state index is 9.62. The van der Waals surface area contributed by atoms with Crippen LogP contribution in [-0.2, 0) is 0 Å². The zero-order valence-corrected chi connectivity index (χ0v) is 14.9. The molecule has 0 amide bonds. The van der Waals surface area contributed by atoms with Crippen molar-refractivity contribution < 1.29 is 0 Å². The van der Waals surface area contributed by atoms with Crippen molar-refractivity contribution in [2.75, 3.05) is 6.54 Å². The number of rotatable bonds is 1. The Labute approximate surface area is 131 Å². The van der Waals surface area contributed by atoms with Crippen LogP contribution >= 0.6 is 0 Å². The van der Waals surface area contributed by atoms with Gasteiger partial charge in [-0.15, -0.1) is 0 Å². The van der Waals surface area contributed by atoms with Gasteiger partial charge in [0, 0.05) is 18.6 Å². The molecule has 2 rings (SSSR count). The Bertz CT molecular complexity index is 389. The van der Waals surface area contributed by atoms with Crippen molar-refractivity contribution in [2.45, 2.75) is 79.3 Å². The van der Waals surface area contributed by atoms with E-state index >= 15 is 0 Å². The van der Waals surface area contributed by atoms with E-state index < -0.39 is 0 Å². The molecular formula is C19H34N2. The number of nitrogens with zero attached hydrogens (tertiary/aromatic N) is 2. The summed E-state index contributed by atoms with van der Waals surface area (Å²) in [5, 5.41) is 9.62. The molecule has 0 N–H and O–H groups in total. The molecule has 0 aromatic carbocycles. The van der Waals surface area contributed by atoms with Crippen LogP contribution in [0.2, 0.25) is 0 Å². The third kappa shape index (κ3) is 3.62. The molecule has 0 spiro atoms. The monoisotopic (exact) mass is 290 g/mol. The van der Waals surface area contributed by atoms with Crippen LogP contribution in [0.15, 0.2) is 0 Å². The van der Waals surface area contributed by atoms with Gasteiger partial charge in [0.15, 0.2) is 0 Å². The quantitative estimate of drug-likeness (QED) is 0.699. The molecule has 1 saturated heterocycles. The van der Waals surface area contributed by atoms with Crippen LogP contribution < -0.4 is 0 Å². The Morgan fingerprint density at radius 2 is 1.71 bits per heavy atom. The van der Waals surface area contributed by atoms with Crippen molar-refractivity contribution in [2.24, 2.45) is 29.1 Å². The van der Waals surface area contributed by atoms with E-state index in [2.05, 4.69) is 52.5 Å².